The number of rotatable bonds is 6. The molecule has 0 aliphatic heterocycles. The number of primary amides is 1. The summed E-state index contributed by atoms with van der Waals surface area (Å²) < 4.78 is 5.84. The number of aromatic nitrogens is 3. The van der Waals surface area contributed by atoms with Crippen LogP contribution in [0.25, 0.3) is 10.9 Å². The zero-order chi connectivity index (χ0) is 21.1. The van der Waals surface area contributed by atoms with Gasteiger partial charge in [0.2, 0.25) is 5.95 Å². The Morgan fingerprint density at radius 2 is 1.93 bits per heavy atom. The average molecular weight is 399 g/mol. The predicted molar refractivity (Wildman–Crippen MR) is 116 cm³/mol. The van der Waals surface area contributed by atoms with Crippen LogP contribution in [-0.2, 0) is 6.61 Å². The zero-order valence-corrected chi connectivity index (χ0v) is 16.7. The smallest absolute Gasteiger partial charge is 0.267 e. The van der Waals surface area contributed by atoms with Gasteiger partial charge in [-0.15, -0.1) is 0 Å². The van der Waals surface area contributed by atoms with Gasteiger partial charge in [0.05, 0.1) is 5.52 Å². The van der Waals surface area contributed by atoms with Gasteiger partial charge in [-0.25, -0.2) is 9.97 Å². The van der Waals surface area contributed by atoms with Crippen LogP contribution >= 0.6 is 0 Å². The molecule has 0 saturated heterocycles. The number of nitrogens with zero attached hydrogens (tertiary/aromatic N) is 3. The first-order valence-corrected chi connectivity index (χ1v) is 9.46. The Hall–Kier alpha value is -4.00. The molecule has 1 amide bonds. The summed E-state index contributed by atoms with van der Waals surface area (Å²) in [5.74, 6) is 0.657. The number of ether oxygens (including phenoxy) is 1. The number of nitrogens with one attached hydrogen (secondary N) is 1. The van der Waals surface area contributed by atoms with Crippen LogP contribution < -0.4 is 15.8 Å². The van der Waals surface area contributed by atoms with E-state index in [9.17, 15) is 4.79 Å². The van der Waals surface area contributed by atoms with Gasteiger partial charge < -0.3 is 15.8 Å². The first kappa shape index (κ1) is 19.3. The summed E-state index contributed by atoms with van der Waals surface area (Å²) in [5, 5.41) is 4.15. The Morgan fingerprint density at radius 3 is 2.77 bits per heavy atom. The standard InChI is InChI=1S/C23H21N5O2/c1-14-3-4-15(2)20(9-14)28-23-26-12-17-11-18(5-6-19(17)27-23)30-13-16-7-8-25-21(10-16)22(24)29/h3-12H,13H2,1-2H3,(H2,24,29)(H,26,27,28). The summed E-state index contributed by atoms with van der Waals surface area (Å²) in [5.41, 5.74) is 10.4. The minimum Gasteiger partial charge on any atom is -0.489 e. The number of amides is 1. The highest BCUT2D eigenvalue weighted by molar-refractivity contribution is 5.90. The van der Waals surface area contributed by atoms with Crippen molar-refractivity contribution in [3.05, 3.63) is 83.3 Å². The van der Waals surface area contributed by atoms with E-state index >= 15 is 0 Å². The van der Waals surface area contributed by atoms with E-state index in [4.69, 9.17) is 10.5 Å². The van der Waals surface area contributed by atoms with Crippen LogP contribution in [0.3, 0.4) is 0 Å². The SMILES string of the molecule is Cc1ccc(C)c(Nc2ncc3cc(OCc4ccnc(C(N)=O)c4)ccc3n2)c1. The molecule has 2 heterocycles. The first-order chi connectivity index (χ1) is 14.5. The van der Waals surface area contributed by atoms with Gasteiger partial charge >= 0.3 is 0 Å². The number of aryl methyl sites for hydroxylation is 2. The minimum absolute atomic E-state index is 0.215. The van der Waals surface area contributed by atoms with Crippen LogP contribution in [0.1, 0.15) is 27.2 Å². The molecule has 3 N–H and O–H groups in total. The van der Waals surface area contributed by atoms with Crippen molar-refractivity contribution in [2.24, 2.45) is 5.73 Å². The second-order valence-corrected chi connectivity index (χ2v) is 7.06. The number of carbonyl (C=O) groups is 1. The molecule has 4 rings (SSSR count). The number of hydrogen-bond acceptors (Lipinski definition) is 6. The van der Waals surface area contributed by atoms with Crippen molar-refractivity contribution in [2.45, 2.75) is 20.5 Å². The Bertz CT molecular complexity index is 1240. The molecule has 0 atom stereocenters. The number of benzene rings is 2. The number of pyridine rings is 1. The van der Waals surface area contributed by atoms with E-state index < -0.39 is 5.91 Å². The van der Waals surface area contributed by atoms with Crippen LogP contribution in [0.5, 0.6) is 5.75 Å². The number of nitrogens with two attached hydrogens (primary N) is 1. The fourth-order valence-electron chi connectivity index (χ4n) is 3.02. The van der Waals surface area contributed by atoms with Crippen LogP contribution in [0.15, 0.2) is 60.9 Å². The van der Waals surface area contributed by atoms with Gasteiger partial charge in [-0.1, -0.05) is 12.1 Å². The van der Waals surface area contributed by atoms with Gasteiger partial charge in [0.25, 0.3) is 5.91 Å². The van der Waals surface area contributed by atoms with Crippen molar-refractivity contribution in [1.82, 2.24) is 15.0 Å². The monoisotopic (exact) mass is 399 g/mol. The molecular weight excluding hydrogens is 378 g/mol. The normalized spacial score (nSPS) is 10.7. The van der Waals surface area contributed by atoms with Gasteiger partial charge in [0.1, 0.15) is 18.1 Å². The summed E-state index contributed by atoms with van der Waals surface area (Å²) in [7, 11) is 0. The summed E-state index contributed by atoms with van der Waals surface area (Å²) in [6.07, 6.45) is 3.30. The summed E-state index contributed by atoms with van der Waals surface area (Å²) in [6.45, 7) is 4.39. The topological polar surface area (TPSA) is 103 Å². The number of fused-ring (bicyclic) bond motifs is 1. The fraction of sp³-hybridized carbons (Fsp3) is 0.130. The molecular formula is C23H21N5O2. The average Bonchev–Trinajstić information content (AvgIpc) is 2.75. The van der Waals surface area contributed by atoms with Crippen LogP contribution in [0.2, 0.25) is 0 Å². The summed E-state index contributed by atoms with van der Waals surface area (Å²) in [6, 6.07) is 15.2. The molecule has 30 heavy (non-hydrogen) atoms. The maximum atomic E-state index is 11.3. The lowest BCUT2D eigenvalue weighted by Crippen LogP contribution is -2.13. The summed E-state index contributed by atoms with van der Waals surface area (Å²) >= 11 is 0. The van der Waals surface area contributed by atoms with E-state index in [0.717, 1.165) is 27.7 Å². The van der Waals surface area contributed by atoms with Crippen molar-refractivity contribution >= 4 is 28.4 Å². The van der Waals surface area contributed by atoms with Crippen LogP contribution in [0.4, 0.5) is 11.6 Å². The highest BCUT2D eigenvalue weighted by atomic mass is 16.5. The largest absolute Gasteiger partial charge is 0.489 e. The van der Waals surface area contributed by atoms with Gasteiger partial charge in [-0.05, 0) is 66.9 Å². The molecule has 7 nitrogen and oxygen atoms in total. The van der Waals surface area contributed by atoms with Gasteiger partial charge in [0, 0.05) is 23.5 Å². The van der Waals surface area contributed by atoms with Gasteiger partial charge in [0.15, 0.2) is 0 Å². The van der Waals surface area contributed by atoms with Crippen molar-refractivity contribution < 1.29 is 9.53 Å². The quantitative estimate of drug-likeness (QED) is 0.507. The van der Waals surface area contributed by atoms with E-state index in [1.165, 1.54) is 11.8 Å². The minimum atomic E-state index is -0.565. The molecule has 0 saturated carbocycles. The van der Waals surface area contributed by atoms with Gasteiger partial charge in [-0.2, -0.15) is 0 Å². The third-order valence-electron chi connectivity index (χ3n) is 4.67. The predicted octanol–water partition coefficient (Wildman–Crippen LogP) is 4.06. The van der Waals surface area contributed by atoms with Crippen molar-refractivity contribution in [3.63, 3.8) is 0 Å². The molecule has 4 aromatic rings. The second-order valence-electron chi connectivity index (χ2n) is 7.06. The Balaban J connectivity index is 1.50. The number of anilines is 2. The zero-order valence-electron chi connectivity index (χ0n) is 16.7. The molecule has 7 heteroatoms. The molecule has 0 radical (unpaired) electrons. The Kier molecular flexibility index (Phi) is 5.26. The van der Waals surface area contributed by atoms with E-state index in [-0.39, 0.29) is 5.69 Å². The molecule has 2 aromatic heterocycles. The van der Waals surface area contributed by atoms with Crippen molar-refractivity contribution in [2.75, 3.05) is 5.32 Å². The number of hydrogen-bond donors (Lipinski definition) is 2. The Morgan fingerprint density at radius 1 is 1.07 bits per heavy atom. The molecule has 2 aromatic carbocycles. The molecule has 0 spiro atoms. The summed E-state index contributed by atoms with van der Waals surface area (Å²) in [4.78, 5) is 24.2. The maximum absolute atomic E-state index is 11.3. The molecule has 0 unspecified atom stereocenters. The third kappa shape index (κ3) is 4.35. The lowest BCUT2D eigenvalue weighted by Gasteiger charge is -2.10. The Labute approximate surface area is 174 Å². The number of carbonyl (C=O) groups excluding carboxylic acids is 1. The lowest BCUT2D eigenvalue weighted by molar-refractivity contribution is 0.0995. The van der Waals surface area contributed by atoms with E-state index in [0.29, 0.717) is 18.3 Å². The molecule has 0 aliphatic carbocycles. The molecule has 0 aliphatic rings. The van der Waals surface area contributed by atoms with E-state index in [1.54, 1.807) is 18.3 Å². The highest BCUT2D eigenvalue weighted by Gasteiger charge is 2.07. The highest BCUT2D eigenvalue weighted by Crippen LogP contribution is 2.23. The second kappa shape index (κ2) is 8.16. The van der Waals surface area contributed by atoms with E-state index in [2.05, 4.69) is 38.5 Å². The van der Waals surface area contributed by atoms with Crippen LogP contribution in [0, 0.1) is 13.8 Å². The molecule has 0 bridgehead atoms. The molecule has 150 valence electrons. The third-order valence-corrected chi connectivity index (χ3v) is 4.67. The van der Waals surface area contributed by atoms with Crippen molar-refractivity contribution in [3.8, 4) is 5.75 Å². The molecule has 0 fully saturated rings. The first-order valence-electron chi connectivity index (χ1n) is 9.46. The van der Waals surface area contributed by atoms with Crippen LogP contribution in [-0.4, -0.2) is 20.9 Å². The van der Waals surface area contributed by atoms with E-state index in [1.807, 2.05) is 32.0 Å². The van der Waals surface area contributed by atoms with Gasteiger partial charge in [-0.3, -0.25) is 9.78 Å². The fourth-order valence-corrected chi connectivity index (χ4v) is 3.02. The van der Waals surface area contributed by atoms with Crippen molar-refractivity contribution in [1.29, 1.82) is 0 Å². The maximum Gasteiger partial charge on any atom is 0.267 e. The lowest BCUT2D eigenvalue weighted by atomic mass is 10.1.